The van der Waals surface area contributed by atoms with Crippen molar-refractivity contribution in [3.05, 3.63) is 0 Å². The van der Waals surface area contributed by atoms with Crippen molar-refractivity contribution in [2.75, 3.05) is 6.54 Å². The molecule has 0 amide bonds. The lowest BCUT2D eigenvalue weighted by atomic mass is 10.1. The van der Waals surface area contributed by atoms with Crippen LogP contribution in [0.4, 0.5) is 0 Å². The van der Waals surface area contributed by atoms with Gasteiger partial charge in [-0.15, -0.1) is 0 Å². The highest BCUT2D eigenvalue weighted by Gasteiger charge is 2.24. The van der Waals surface area contributed by atoms with Gasteiger partial charge in [-0.2, -0.15) is 0 Å². The van der Waals surface area contributed by atoms with Crippen LogP contribution >= 0.6 is 0 Å². The van der Waals surface area contributed by atoms with Crippen molar-refractivity contribution in [3.63, 3.8) is 0 Å². The number of hydrogen-bond acceptors (Lipinski definition) is 4. The van der Waals surface area contributed by atoms with Gasteiger partial charge in [0.25, 0.3) is 0 Å². The molecule has 76 valence electrons. The summed E-state index contributed by atoms with van der Waals surface area (Å²) in [6, 6.07) is -1.22. The van der Waals surface area contributed by atoms with Gasteiger partial charge < -0.3 is 15.3 Å². The average molecular weight is 191 g/mol. The van der Waals surface area contributed by atoms with Gasteiger partial charge in [-0.05, 0) is 6.42 Å². The third kappa shape index (κ3) is 4.44. The molecule has 0 bridgehead atoms. The monoisotopic (exact) mass is 191 g/mol. The van der Waals surface area contributed by atoms with Gasteiger partial charge in [0.2, 0.25) is 0 Å². The van der Waals surface area contributed by atoms with Gasteiger partial charge in [-0.3, -0.25) is 14.9 Å². The van der Waals surface area contributed by atoms with Gasteiger partial charge in [0.05, 0.1) is 12.6 Å². The highest BCUT2D eigenvalue weighted by atomic mass is 16.4. The average Bonchev–Trinajstić information content (AvgIpc) is 2.03. The van der Waals surface area contributed by atoms with Gasteiger partial charge in [-0.1, -0.05) is 6.92 Å². The summed E-state index contributed by atoms with van der Waals surface area (Å²) in [4.78, 5) is 20.6. The smallest absolute Gasteiger partial charge is 0.323 e. The Bertz CT molecular complexity index is 193. The number of aliphatic hydroxyl groups is 1. The van der Waals surface area contributed by atoms with Crippen molar-refractivity contribution in [2.45, 2.75) is 25.5 Å². The first-order chi connectivity index (χ1) is 5.99. The number of carboxylic acid groups (broad SMARTS) is 2. The van der Waals surface area contributed by atoms with Crippen molar-refractivity contribution in [1.82, 2.24) is 5.32 Å². The van der Waals surface area contributed by atoms with Crippen LogP contribution in [0.15, 0.2) is 0 Å². The Labute approximate surface area is 75.2 Å². The van der Waals surface area contributed by atoms with Gasteiger partial charge in [-0.25, -0.2) is 0 Å². The summed E-state index contributed by atoms with van der Waals surface area (Å²) in [6.07, 6.45) is -0.819. The van der Waals surface area contributed by atoms with Crippen LogP contribution in [-0.4, -0.2) is 45.9 Å². The van der Waals surface area contributed by atoms with Crippen LogP contribution in [-0.2, 0) is 9.59 Å². The molecule has 0 radical (unpaired) electrons. The molecule has 2 unspecified atom stereocenters. The minimum Gasteiger partial charge on any atom is -0.480 e. The molecule has 6 heteroatoms. The zero-order valence-electron chi connectivity index (χ0n) is 7.23. The van der Waals surface area contributed by atoms with E-state index >= 15 is 0 Å². The predicted molar refractivity (Wildman–Crippen MR) is 43.4 cm³/mol. The third-order valence-electron chi connectivity index (χ3n) is 1.54. The second-order valence-electron chi connectivity index (χ2n) is 2.57. The first-order valence-electron chi connectivity index (χ1n) is 3.85. The number of carbonyl (C=O) groups is 2. The number of rotatable bonds is 6. The molecule has 0 saturated carbocycles. The minimum absolute atomic E-state index is 0.254. The fraction of sp³-hybridized carbons (Fsp3) is 0.714. The summed E-state index contributed by atoms with van der Waals surface area (Å²) in [6.45, 7) is 1.14. The maximum atomic E-state index is 10.5. The lowest BCUT2D eigenvalue weighted by molar-refractivity contribution is -0.143. The molecule has 6 nitrogen and oxygen atoms in total. The Morgan fingerprint density at radius 2 is 1.92 bits per heavy atom. The zero-order valence-corrected chi connectivity index (χ0v) is 7.23. The van der Waals surface area contributed by atoms with Gasteiger partial charge in [0.1, 0.15) is 6.04 Å². The van der Waals surface area contributed by atoms with Crippen molar-refractivity contribution >= 4 is 11.9 Å². The number of hydrogen-bond donors (Lipinski definition) is 4. The maximum Gasteiger partial charge on any atom is 0.323 e. The van der Waals surface area contributed by atoms with Gasteiger partial charge >= 0.3 is 11.9 Å². The van der Waals surface area contributed by atoms with Crippen LogP contribution < -0.4 is 5.32 Å². The summed E-state index contributed by atoms with van der Waals surface area (Å²) in [7, 11) is 0. The van der Waals surface area contributed by atoms with E-state index in [0.717, 1.165) is 0 Å². The highest BCUT2D eigenvalue weighted by molar-refractivity contribution is 5.76. The maximum absolute atomic E-state index is 10.5. The molecule has 0 aliphatic heterocycles. The normalized spacial score (nSPS) is 14.9. The lowest BCUT2D eigenvalue weighted by Crippen LogP contribution is -2.47. The van der Waals surface area contributed by atoms with E-state index in [2.05, 4.69) is 5.32 Å². The van der Waals surface area contributed by atoms with E-state index in [1.54, 1.807) is 6.92 Å². The van der Waals surface area contributed by atoms with Crippen LogP contribution in [0, 0.1) is 0 Å². The second-order valence-corrected chi connectivity index (χ2v) is 2.57. The van der Waals surface area contributed by atoms with Crippen LogP contribution in [0.25, 0.3) is 0 Å². The molecule has 0 rings (SSSR count). The quantitative estimate of drug-likeness (QED) is 0.424. The Morgan fingerprint density at radius 1 is 1.38 bits per heavy atom. The molecule has 0 saturated heterocycles. The number of carboxylic acids is 2. The fourth-order valence-electron chi connectivity index (χ4n) is 0.821. The molecule has 0 fully saturated rings. The van der Waals surface area contributed by atoms with E-state index in [9.17, 15) is 9.59 Å². The van der Waals surface area contributed by atoms with Crippen LogP contribution in [0.2, 0.25) is 0 Å². The van der Waals surface area contributed by atoms with Crippen LogP contribution in [0.3, 0.4) is 0 Å². The Hall–Kier alpha value is -1.14. The Kier molecular flexibility index (Phi) is 5.01. The number of nitrogens with one attached hydrogen (secondary N) is 1. The topological polar surface area (TPSA) is 107 Å². The molecule has 0 aliphatic rings. The van der Waals surface area contributed by atoms with Crippen molar-refractivity contribution in [1.29, 1.82) is 0 Å². The first kappa shape index (κ1) is 11.9. The van der Waals surface area contributed by atoms with Gasteiger partial charge in [0.15, 0.2) is 0 Å². The third-order valence-corrected chi connectivity index (χ3v) is 1.54. The lowest BCUT2D eigenvalue weighted by Gasteiger charge is -2.17. The van der Waals surface area contributed by atoms with Crippen molar-refractivity contribution in [3.8, 4) is 0 Å². The number of aliphatic carboxylic acids is 2. The van der Waals surface area contributed by atoms with E-state index in [-0.39, 0.29) is 6.42 Å². The zero-order chi connectivity index (χ0) is 10.4. The molecule has 4 N–H and O–H groups in total. The molecule has 0 heterocycles. The molecule has 0 aromatic carbocycles. The van der Waals surface area contributed by atoms with E-state index < -0.39 is 30.6 Å². The molecular formula is C7H13NO5. The Balaban J connectivity index is 4.10. The summed E-state index contributed by atoms with van der Waals surface area (Å²) in [5, 5.41) is 28.2. The van der Waals surface area contributed by atoms with E-state index in [0.29, 0.717) is 0 Å². The second kappa shape index (κ2) is 5.50. The fourth-order valence-corrected chi connectivity index (χ4v) is 0.821. The van der Waals surface area contributed by atoms with Crippen molar-refractivity contribution in [2.24, 2.45) is 0 Å². The molecule has 0 aromatic heterocycles. The largest absolute Gasteiger partial charge is 0.480 e. The SMILES string of the molecule is CCC(O)C(NCC(=O)O)C(=O)O. The Morgan fingerprint density at radius 3 is 2.23 bits per heavy atom. The first-order valence-corrected chi connectivity index (χ1v) is 3.85. The predicted octanol–water partition coefficient (Wildman–Crippen LogP) is -1.12. The summed E-state index contributed by atoms with van der Waals surface area (Å²) < 4.78 is 0. The van der Waals surface area contributed by atoms with E-state index in [1.165, 1.54) is 0 Å². The molecule has 13 heavy (non-hydrogen) atoms. The molecule has 2 atom stereocenters. The van der Waals surface area contributed by atoms with E-state index in [4.69, 9.17) is 15.3 Å². The number of aliphatic hydroxyl groups excluding tert-OH is 1. The van der Waals surface area contributed by atoms with E-state index in [1.807, 2.05) is 0 Å². The molecule has 0 aliphatic carbocycles. The summed E-state index contributed by atoms with van der Waals surface area (Å²) in [5.74, 6) is -2.41. The highest BCUT2D eigenvalue weighted by Crippen LogP contribution is 1.98. The van der Waals surface area contributed by atoms with Crippen LogP contribution in [0.1, 0.15) is 13.3 Å². The van der Waals surface area contributed by atoms with Gasteiger partial charge in [0, 0.05) is 0 Å². The van der Waals surface area contributed by atoms with Crippen LogP contribution in [0.5, 0.6) is 0 Å². The molecule has 0 spiro atoms. The summed E-state index contributed by atoms with van der Waals surface area (Å²) >= 11 is 0. The molecular weight excluding hydrogens is 178 g/mol. The van der Waals surface area contributed by atoms with Crippen molar-refractivity contribution < 1.29 is 24.9 Å². The molecule has 0 aromatic rings. The minimum atomic E-state index is -1.25. The summed E-state index contributed by atoms with van der Waals surface area (Å²) in [5.41, 5.74) is 0. The standard InChI is InChI=1S/C7H13NO5/c1-2-4(9)6(7(12)13)8-3-5(10)11/h4,6,8-9H,2-3H2,1H3,(H,10,11)(H,12,13).